The molecule has 2 heteroatoms. The molecule has 0 heterocycles. The van der Waals surface area contributed by atoms with Gasteiger partial charge in [-0.25, -0.2) is 0 Å². The summed E-state index contributed by atoms with van der Waals surface area (Å²) < 4.78 is 6.45. The third kappa shape index (κ3) is 5.32. The van der Waals surface area contributed by atoms with Crippen LogP contribution in [0.1, 0.15) is 87.4 Å². The number of rotatable bonds is 7. The highest BCUT2D eigenvalue weighted by Gasteiger charge is 2.47. The Morgan fingerprint density at radius 1 is 0.682 bits per heavy atom. The van der Waals surface area contributed by atoms with Gasteiger partial charge in [-0.15, -0.1) is 0 Å². The number of fused-ring (bicyclic) bond motifs is 2. The molecule has 0 bridgehead atoms. The van der Waals surface area contributed by atoms with Crippen LogP contribution in [0.5, 0.6) is 5.75 Å². The Morgan fingerprint density at radius 3 is 1.91 bits per heavy atom. The van der Waals surface area contributed by atoms with E-state index in [0.717, 1.165) is 12.4 Å². The second-order valence-electron chi connectivity index (χ2n) is 15.1. The Morgan fingerprint density at radius 2 is 1.30 bits per heavy atom. The zero-order valence-corrected chi connectivity index (χ0v) is 29.1. The topological polar surface area (TPSA) is 9.23 Å². The van der Waals surface area contributed by atoms with E-state index in [-0.39, 0.29) is 5.41 Å². The molecular weight excluding hydrogens is 549 g/mol. The minimum absolute atomic E-state index is 0.152. The van der Waals surface area contributed by atoms with E-state index < -0.39 is 8.07 Å². The Bertz CT molecular complexity index is 1750. The van der Waals surface area contributed by atoms with Crippen LogP contribution in [0.15, 0.2) is 96.1 Å². The SMILES string of the molecule is CC1=Cc2c(-c3ccc(C(C)(C)C)cc3)cccc2C1[Si](C)(C)C1C(C)=Cc2c1ccc(OCC(C)C)c2-c1ccccc1. The molecule has 2 aliphatic rings. The predicted octanol–water partition coefficient (Wildman–Crippen LogP) is 11.8. The summed E-state index contributed by atoms with van der Waals surface area (Å²) in [5, 5.41) is 0. The Hall–Kier alpha value is -3.62. The van der Waals surface area contributed by atoms with Crippen molar-refractivity contribution in [1.29, 1.82) is 0 Å². The predicted molar refractivity (Wildman–Crippen MR) is 193 cm³/mol. The van der Waals surface area contributed by atoms with Gasteiger partial charge in [0.15, 0.2) is 0 Å². The van der Waals surface area contributed by atoms with E-state index in [4.69, 9.17) is 4.74 Å². The molecule has 6 rings (SSSR count). The molecule has 0 saturated heterocycles. The number of hydrogen-bond acceptors (Lipinski definition) is 1. The van der Waals surface area contributed by atoms with Gasteiger partial charge in [0.1, 0.15) is 5.75 Å². The van der Waals surface area contributed by atoms with E-state index in [9.17, 15) is 0 Å². The van der Waals surface area contributed by atoms with Gasteiger partial charge in [-0.2, -0.15) is 0 Å². The molecule has 0 amide bonds. The van der Waals surface area contributed by atoms with Crippen LogP contribution in [0.4, 0.5) is 0 Å². The van der Waals surface area contributed by atoms with Gasteiger partial charge in [-0.1, -0.05) is 150 Å². The minimum atomic E-state index is -1.98. The lowest BCUT2D eigenvalue weighted by molar-refractivity contribution is 0.272. The monoisotopic (exact) mass is 596 g/mol. The van der Waals surface area contributed by atoms with E-state index >= 15 is 0 Å². The van der Waals surface area contributed by atoms with Gasteiger partial charge >= 0.3 is 0 Å². The highest BCUT2D eigenvalue weighted by atomic mass is 28.3. The average molecular weight is 597 g/mol. The summed E-state index contributed by atoms with van der Waals surface area (Å²) in [6.45, 7) is 22.0. The number of allylic oxidation sites excluding steroid dienone is 2. The van der Waals surface area contributed by atoms with Crippen molar-refractivity contribution in [1.82, 2.24) is 0 Å². The summed E-state index contributed by atoms with van der Waals surface area (Å²) in [5.41, 5.74) is 16.3. The first-order valence-electron chi connectivity index (χ1n) is 16.3. The van der Waals surface area contributed by atoms with Gasteiger partial charge in [-0.3, -0.25) is 0 Å². The number of hydrogen-bond donors (Lipinski definition) is 0. The zero-order chi connectivity index (χ0) is 31.4. The Labute approximate surface area is 266 Å². The van der Waals surface area contributed by atoms with Gasteiger partial charge in [0, 0.05) is 16.6 Å². The molecule has 2 atom stereocenters. The van der Waals surface area contributed by atoms with Crippen LogP contribution in [0.25, 0.3) is 34.4 Å². The normalized spacial score (nSPS) is 17.8. The molecule has 44 heavy (non-hydrogen) atoms. The Kier molecular flexibility index (Phi) is 7.87. The molecule has 4 aromatic rings. The molecule has 2 unspecified atom stereocenters. The molecule has 0 spiro atoms. The summed E-state index contributed by atoms with van der Waals surface area (Å²) >= 11 is 0. The van der Waals surface area contributed by atoms with Crippen molar-refractivity contribution in [3.8, 4) is 28.0 Å². The lowest BCUT2D eigenvalue weighted by Crippen LogP contribution is -2.42. The maximum atomic E-state index is 6.45. The van der Waals surface area contributed by atoms with Crippen molar-refractivity contribution < 1.29 is 4.74 Å². The van der Waals surface area contributed by atoms with Gasteiger partial charge in [0.25, 0.3) is 0 Å². The molecule has 0 saturated carbocycles. The maximum absolute atomic E-state index is 6.45. The summed E-state index contributed by atoms with van der Waals surface area (Å²) in [7, 11) is -1.98. The van der Waals surface area contributed by atoms with E-state index in [1.807, 2.05) is 0 Å². The summed E-state index contributed by atoms with van der Waals surface area (Å²) in [5.74, 6) is 1.47. The summed E-state index contributed by atoms with van der Waals surface area (Å²) in [6, 6.07) is 31.7. The molecule has 0 fully saturated rings. The van der Waals surface area contributed by atoms with Crippen LogP contribution in [0.3, 0.4) is 0 Å². The fourth-order valence-electron chi connectivity index (χ4n) is 7.95. The van der Waals surface area contributed by atoms with Crippen molar-refractivity contribution in [2.45, 2.75) is 78.1 Å². The van der Waals surface area contributed by atoms with Crippen molar-refractivity contribution in [3.05, 3.63) is 124 Å². The molecule has 0 N–H and O–H groups in total. The largest absolute Gasteiger partial charge is 0.493 e. The quantitative estimate of drug-likeness (QED) is 0.193. The first kappa shape index (κ1) is 30.4. The van der Waals surface area contributed by atoms with Crippen LogP contribution < -0.4 is 4.74 Å². The van der Waals surface area contributed by atoms with Crippen molar-refractivity contribution in [2.75, 3.05) is 6.61 Å². The first-order chi connectivity index (χ1) is 20.9. The van der Waals surface area contributed by atoms with E-state index in [0.29, 0.717) is 17.0 Å². The fourth-order valence-corrected chi connectivity index (χ4v) is 12.9. The standard InChI is InChI=1S/C42H48OSi/c1-27(2)26-43-38-23-22-35-37(39(38)31-14-11-10-12-15-31)25-29(4)41(35)44(8,9)40-28(3)24-36-33(16-13-17-34(36)40)30-18-20-32(21-19-30)42(5,6)7/h10-25,27,40-41H,26H2,1-9H3. The second-order valence-corrected chi connectivity index (χ2v) is 19.9. The van der Waals surface area contributed by atoms with Gasteiger partial charge in [0.05, 0.1) is 14.7 Å². The lowest BCUT2D eigenvalue weighted by atomic mass is 9.86. The van der Waals surface area contributed by atoms with Crippen LogP contribution in [-0.4, -0.2) is 14.7 Å². The van der Waals surface area contributed by atoms with Crippen molar-refractivity contribution in [2.24, 2.45) is 5.92 Å². The van der Waals surface area contributed by atoms with Crippen LogP contribution in [0.2, 0.25) is 13.1 Å². The van der Waals surface area contributed by atoms with Gasteiger partial charge in [0.2, 0.25) is 0 Å². The van der Waals surface area contributed by atoms with E-state index in [1.165, 1.54) is 61.2 Å². The van der Waals surface area contributed by atoms with E-state index in [2.05, 4.69) is 159 Å². The highest BCUT2D eigenvalue weighted by molar-refractivity contribution is 6.81. The first-order valence-corrected chi connectivity index (χ1v) is 19.5. The fraction of sp³-hybridized carbons (Fsp3) is 0.333. The number of benzene rings is 4. The third-order valence-electron chi connectivity index (χ3n) is 9.84. The van der Waals surface area contributed by atoms with Crippen LogP contribution >= 0.6 is 0 Å². The lowest BCUT2D eigenvalue weighted by Gasteiger charge is -2.39. The molecule has 1 nitrogen and oxygen atoms in total. The van der Waals surface area contributed by atoms with E-state index in [1.54, 1.807) is 0 Å². The third-order valence-corrected chi connectivity index (χ3v) is 14.4. The molecule has 2 aliphatic carbocycles. The number of ether oxygens (including phenoxy) is 1. The van der Waals surface area contributed by atoms with Crippen molar-refractivity contribution >= 4 is 20.2 Å². The Balaban J connectivity index is 1.42. The minimum Gasteiger partial charge on any atom is -0.493 e. The van der Waals surface area contributed by atoms with Crippen molar-refractivity contribution in [3.63, 3.8) is 0 Å². The molecule has 226 valence electrons. The average Bonchev–Trinajstić information content (AvgIpc) is 3.51. The van der Waals surface area contributed by atoms with Crippen LogP contribution in [0, 0.1) is 5.92 Å². The molecule has 0 aliphatic heterocycles. The zero-order valence-electron chi connectivity index (χ0n) is 28.1. The molecule has 0 aromatic heterocycles. The molecule has 0 radical (unpaired) electrons. The maximum Gasteiger partial charge on any atom is 0.127 e. The summed E-state index contributed by atoms with van der Waals surface area (Å²) in [6.07, 6.45) is 4.97. The smallest absolute Gasteiger partial charge is 0.127 e. The second kappa shape index (κ2) is 11.4. The highest BCUT2D eigenvalue weighted by Crippen LogP contribution is 2.55. The molecule has 4 aromatic carbocycles. The summed E-state index contributed by atoms with van der Waals surface area (Å²) in [4.78, 5) is 0. The van der Waals surface area contributed by atoms with Gasteiger partial charge in [-0.05, 0) is 75.8 Å². The van der Waals surface area contributed by atoms with Crippen LogP contribution in [-0.2, 0) is 5.41 Å². The van der Waals surface area contributed by atoms with Gasteiger partial charge < -0.3 is 4.74 Å². The molecular formula is C42H48OSi.